The van der Waals surface area contributed by atoms with Gasteiger partial charge in [-0.2, -0.15) is 0 Å². The van der Waals surface area contributed by atoms with Gasteiger partial charge in [0.25, 0.3) is 0 Å². The highest BCUT2D eigenvalue weighted by Gasteiger charge is 2.14. The normalized spacial score (nSPS) is 10.2. The Hall–Kier alpha value is -0.540. The van der Waals surface area contributed by atoms with Crippen molar-refractivity contribution in [3.05, 3.63) is 32.8 Å². The summed E-state index contributed by atoms with van der Waals surface area (Å²) in [5.41, 5.74) is 0.996. The number of aryl methyl sites for hydroxylation is 1. The van der Waals surface area contributed by atoms with Crippen molar-refractivity contribution in [3.8, 4) is 0 Å². The number of halogens is 2. The number of carbonyl (C=O) groups is 1. The summed E-state index contributed by atoms with van der Waals surface area (Å²) < 4.78 is 0.816. The Labute approximate surface area is 96.0 Å². The summed E-state index contributed by atoms with van der Waals surface area (Å²) in [5, 5.41) is 9.25. The van der Waals surface area contributed by atoms with Crippen molar-refractivity contribution in [1.29, 1.82) is 0 Å². The molecular weight excluding hydrogens is 267 g/mol. The van der Waals surface area contributed by atoms with Crippen LogP contribution in [0.3, 0.4) is 0 Å². The molecule has 0 bridgehead atoms. The van der Waals surface area contributed by atoms with Gasteiger partial charge in [-0.1, -0.05) is 40.9 Å². The predicted octanol–water partition coefficient (Wildman–Crippen LogP) is 3.75. The molecular formula is C10H10BrClO2. The second-order valence-electron chi connectivity index (χ2n) is 2.98. The highest BCUT2D eigenvalue weighted by atomic mass is 79.9. The molecule has 0 aromatic heterocycles. The first-order valence-corrected chi connectivity index (χ1v) is 5.44. The largest absolute Gasteiger partial charge is 0.478 e. The van der Waals surface area contributed by atoms with E-state index in [1.807, 2.05) is 6.92 Å². The number of carboxylic acids is 1. The topological polar surface area (TPSA) is 37.3 Å². The molecule has 0 atom stereocenters. The van der Waals surface area contributed by atoms with Gasteiger partial charge in [-0.3, -0.25) is 0 Å². The fourth-order valence-electron chi connectivity index (χ4n) is 1.33. The summed E-state index contributed by atoms with van der Waals surface area (Å²) in [6.07, 6.45) is 1.62. The molecule has 0 spiro atoms. The average molecular weight is 278 g/mol. The maximum Gasteiger partial charge on any atom is 0.337 e. The van der Waals surface area contributed by atoms with Gasteiger partial charge in [0.2, 0.25) is 0 Å². The number of carboxylic acid groups (broad SMARTS) is 1. The molecule has 14 heavy (non-hydrogen) atoms. The van der Waals surface area contributed by atoms with Crippen molar-refractivity contribution in [2.24, 2.45) is 0 Å². The molecule has 0 aliphatic rings. The summed E-state index contributed by atoms with van der Waals surface area (Å²) in [4.78, 5) is 10.9. The number of aromatic carboxylic acids is 1. The minimum atomic E-state index is -0.967. The third-order valence-electron chi connectivity index (χ3n) is 1.87. The standard InChI is InChI=1S/C10H10BrClO2/c1-2-3-6-4-7(11)5-8(12)9(6)10(13)14/h4-5H,2-3H2,1H3,(H,13,14). The summed E-state index contributed by atoms with van der Waals surface area (Å²) in [6.45, 7) is 2.00. The zero-order chi connectivity index (χ0) is 10.7. The van der Waals surface area contributed by atoms with E-state index in [-0.39, 0.29) is 10.6 Å². The van der Waals surface area contributed by atoms with Crippen molar-refractivity contribution in [1.82, 2.24) is 0 Å². The third-order valence-corrected chi connectivity index (χ3v) is 2.63. The Morgan fingerprint density at radius 1 is 1.57 bits per heavy atom. The van der Waals surface area contributed by atoms with Crippen LogP contribution in [0.5, 0.6) is 0 Å². The van der Waals surface area contributed by atoms with Gasteiger partial charge in [0, 0.05) is 4.47 Å². The SMILES string of the molecule is CCCc1cc(Br)cc(Cl)c1C(=O)O. The van der Waals surface area contributed by atoms with Crippen molar-refractivity contribution in [3.63, 3.8) is 0 Å². The molecule has 0 aliphatic carbocycles. The molecule has 76 valence electrons. The summed E-state index contributed by atoms with van der Waals surface area (Å²) >= 11 is 9.14. The molecule has 0 radical (unpaired) electrons. The Bertz CT molecular complexity index is 363. The first-order valence-electron chi connectivity index (χ1n) is 4.27. The molecule has 2 nitrogen and oxygen atoms in total. The van der Waals surface area contributed by atoms with Gasteiger partial charge in [0.15, 0.2) is 0 Å². The van der Waals surface area contributed by atoms with Crippen molar-refractivity contribution < 1.29 is 9.90 Å². The second kappa shape index (κ2) is 4.80. The zero-order valence-electron chi connectivity index (χ0n) is 7.68. The Kier molecular flexibility index (Phi) is 3.96. The van der Waals surface area contributed by atoms with Crippen molar-refractivity contribution in [2.75, 3.05) is 0 Å². The Morgan fingerprint density at radius 3 is 2.71 bits per heavy atom. The second-order valence-corrected chi connectivity index (χ2v) is 4.30. The van der Waals surface area contributed by atoms with E-state index in [0.717, 1.165) is 22.9 Å². The highest BCUT2D eigenvalue weighted by molar-refractivity contribution is 9.10. The lowest BCUT2D eigenvalue weighted by Gasteiger charge is -2.07. The van der Waals surface area contributed by atoms with Gasteiger partial charge in [0.05, 0.1) is 10.6 Å². The smallest absolute Gasteiger partial charge is 0.337 e. The third kappa shape index (κ3) is 2.49. The van der Waals surface area contributed by atoms with Crippen LogP contribution < -0.4 is 0 Å². The highest BCUT2D eigenvalue weighted by Crippen LogP contribution is 2.26. The zero-order valence-corrected chi connectivity index (χ0v) is 10.0. The van der Waals surface area contributed by atoms with Crippen LogP contribution in [0, 0.1) is 0 Å². The number of hydrogen-bond acceptors (Lipinski definition) is 1. The fraction of sp³-hybridized carbons (Fsp3) is 0.300. The van der Waals surface area contributed by atoms with Crippen LogP contribution in [0.2, 0.25) is 5.02 Å². The van der Waals surface area contributed by atoms with Crippen LogP contribution in [-0.2, 0) is 6.42 Å². The lowest BCUT2D eigenvalue weighted by atomic mass is 10.0. The van der Waals surface area contributed by atoms with Crippen LogP contribution in [0.15, 0.2) is 16.6 Å². The quantitative estimate of drug-likeness (QED) is 0.913. The van der Waals surface area contributed by atoms with Crippen molar-refractivity contribution in [2.45, 2.75) is 19.8 Å². The molecule has 1 rings (SSSR count). The minimum Gasteiger partial charge on any atom is -0.478 e. The van der Waals surface area contributed by atoms with E-state index < -0.39 is 5.97 Å². The Morgan fingerprint density at radius 2 is 2.21 bits per heavy atom. The van der Waals surface area contributed by atoms with E-state index in [4.69, 9.17) is 16.7 Å². The van der Waals surface area contributed by atoms with E-state index >= 15 is 0 Å². The number of hydrogen-bond donors (Lipinski definition) is 1. The van der Waals surface area contributed by atoms with E-state index in [0.29, 0.717) is 0 Å². The number of benzene rings is 1. The van der Waals surface area contributed by atoms with Gasteiger partial charge in [-0.15, -0.1) is 0 Å². The van der Waals surface area contributed by atoms with Crippen LogP contribution in [0.1, 0.15) is 29.3 Å². The van der Waals surface area contributed by atoms with E-state index in [1.54, 1.807) is 12.1 Å². The van der Waals surface area contributed by atoms with E-state index in [1.165, 1.54) is 0 Å². The number of rotatable bonds is 3. The molecule has 0 heterocycles. The summed E-state index contributed by atoms with van der Waals surface area (Å²) in [7, 11) is 0. The predicted molar refractivity (Wildman–Crippen MR) is 60.1 cm³/mol. The van der Waals surface area contributed by atoms with Crippen LogP contribution in [0.4, 0.5) is 0 Å². The van der Waals surface area contributed by atoms with Gasteiger partial charge < -0.3 is 5.11 Å². The van der Waals surface area contributed by atoms with Crippen LogP contribution in [-0.4, -0.2) is 11.1 Å². The molecule has 0 fully saturated rings. The molecule has 0 saturated heterocycles. The summed E-state index contributed by atoms with van der Waals surface area (Å²) in [5.74, 6) is -0.967. The Balaban J connectivity index is 3.28. The molecule has 0 saturated carbocycles. The lowest BCUT2D eigenvalue weighted by molar-refractivity contribution is 0.0696. The molecule has 0 aliphatic heterocycles. The monoisotopic (exact) mass is 276 g/mol. The van der Waals surface area contributed by atoms with Gasteiger partial charge in [-0.05, 0) is 24.1 Å². The first-order chi connectivity index (χ1) is 6.56. The fourth-order valence-corrected chi connectivity index (χ4v) is 2.29. The summed E-state index contributed by atoms with van der Waals surface area (Å²) in [6, 6.07) is 3.41. The lowest BCUT2D eigenvalue weighted by Crippen LogP contribution is -2.03. The van der Waals surface area contributed by atoms with Gasteiger partial charge in [0.1, 0.15) is 0 Å². The van der Waals surface area contributed by atoms with Gasteiger partial charge >= 0.3 is 5.97 Å². The maximum atomic E-state index is 10.9. The molecule has 4 heteroatoms. The molecule has 1 aromatic rings. The first kappa shape index (κ1) is 11.5. The maximum absolute atomic E-state index is 10.9. The van der Waals surface area contributed by atoms with Crippen LogP contribution >= 0.6 is 27.5 Å². The molecule has 0 amide bonds. The molecule has 1 aromatic carbocycles. The van der Waals surface area contributed by atoms with E-state index in [9.17, 15) is 4.79 Å². The minimum absolute atomic E-state index is 0.219. The molecule has 1 N–H and O–H groups in total. The molecule has 0 unspecified atom stereocenters. The van der Waals surface area contributed by atoms with Crippen LogP contribution in [0.25, 0.3) is 0 Å². The van der Waals surface area contributed by atoms with Crippen molar-refractivity contribution >= 4 is 33.5 Å². The average Bonchev–Trinajstić information content (AvgIpc) is 2.01. The van der Waals surface area contributed by atoms with E-state index in [2.05, 4.69) is 15.9 Å². The van der Waals surface area contributed by atoms with Gasteiger partial charge in [-0.25, -0.2) is 4.79 Å².